The van der Waals surface area contributed by atoms with Gasteiger partial charge in [0.2, 0.25) is 0 Å². The van der Waals surface area contributed by atoms with Gasteiger partial charge in [-0.25, -0.2) is 8.78 Å². The second kappa shape index (κ2) is 8.72. The van der Waals surface area contributed by atoms with Crippen LogP contribution in [0.5, 0.6) is 0 Å². The molecule has 2 aromatic heterocycles. The summed E-state index contributed by atoms with van der Waals surface area (Å²) in [6.07, 6.45) is 3.40. The highest BCUT2D eigenvalue weighted by atomic mass is 19.1. The predicted octanol–water partition coefficient (Wildman–Crippen LogP) is 2.45. The number of nitrogens with one attached hydrogen (secondary N) is 3. The molecule has 6 rings (SSSR count). The Balaban J connectivity index is 1.17. The van der Waals surface area contributed by atoms with Crippen molar-refractivity contribution in [2.45, 2.75) is 38.3 Å². The molecular weight excluding hydrogens is 470 g/mol. The molecule has 0 unspecified atom stereocenters. The fourth-order valence-electron chi connectivity index (χ4n) is 5.90. The second-order valence-corrected chi connectivity index (χ2v) is 9.92. The topological polar surface area (TPSA) is 112 Å². The molecule has 36 heavy (non-hydrogen) atoms. The fourth-order valence-corrected chi connectivity index (χ4v) is 5.90. The lowest BCUT2D eigenvalue weighted by Gasteiger charge is -2.33. The molecule has 2 fully saturated rings. The Morgan fingerprint density at radius 1 is 1.08 bits per heavy atom. The van der Waals surface area contributed by atoms with Gasteiger partial charge in [0.15, 0.2) is 5.69 Å². The zero-order chi connectivity index (χ0) is 25.0. The molecule has 3 atom stereocenters. The zero-order valence-corrected chi connectivity index (χ0v) is 19.5. The molecular formula is C25H26F2N6O3. The van der Waals surface area contributed by atoms with Crippen LogP contribution in [-0.4, -0.2) is 63.1 Å². The highest BCUT2D eigenvalue weighted by Crippen LogP contribution is 2.37. The molecule has 2 aliphatic heterocycles. The molecule has 11 heteroatoms. The van der Waals surface area contributed by atoms with E-state index in [1.807, 2.05) is 0 Å². The van der Waals surface area contributed by atoms with Crippen LogP contribution in [0.3, 0.4) is 0 Å². The molecule has 3 aromatic rings. The number of nitrogens with zero attached hydrogens (tertiary/aromatic N) is 3. The lowest BCUT2D eigenvalue weighted by atomic mass is 9.78. The molecule has 0 spiro atoms. The molecule has 1 aromatic carbocycles. The van der Waals surface area contributed by atoms with E-state index in [0.29, 0.717) is 31.9 Å². The standard InChI is InChI=1S/C25H26F2N6O3/c26-14-7-17(27)15-9-20(29-19(15)8-14)23(34)30-18-4-1-3-13-11-32(12-16(13)18)25(36)21-10-22-24(35)28-5-2-6-33(22)31-21/h7-10,13,16,18,29H,1-6,11-12H2,(H,28,35)(H,30,34)/t13-,16+,18-/m1/s1. The van der Waals surface area contributed by atoms with E-state index in [9.17, 15) is 23.2 Å². The summed E-state index contributed by atoms with van der Waals surface area (Å²) in [7, 11) is 0. The van der Waals surface area contributed by atoms with Crippen molar-refractivity contribution < 1.29 is 23.2 Å². The number of halogens is 2. The van der Waals surface area contributed by atoms with Crippen molar-refractivity contribution >= 4 is 28.6 Å². The first-order valence-corrected chi connectivity index (χ1v) is 12.3. The van der Waals surface area contributed by atoms with Crippen LogP contribution < -0.4 is 10.6 Å². The van der Waals surface area contributed by atoms with Gasteiger partial charge in [-0.3, -0.25) is 19.1 Å². The second-order valence-electron chi connectivity index (χ2n) is 9.92. The number of aromatic nitrogens is 3. The van der Waals surface area contributed by atoms with Gasteiger partial charge in [0.1, 0.15) is 23.0 Å². The third-order valence-corrected chi connectivity index (χ3v) is 7.66. The Hall–Kier alpha value is -3.76. The van der Waals surface area contributed by atoms with E-state index in [0.717, 1.165) is 37.8 Å². The highest BCUT2D eigenvalue weighted by molar-refractivity contribution is 5.99. The maximum Gasteiger partial charge on any atom is 0.274 e. The zero-order valence-electron chi connectivity index (χ0n) is 19.5. The maximum atomic E-state index is 14.1. The number of amides is 3. The van der Waals surface area contributed by atoms with E-state index < -0.39 is 11.6 Å². The van der Waals surface area contributed by atoms with Gasteiger partial charge in [-0.2, -0.15) is 5.10 Å². The van der Waals surface area contributed by atoms with Crippen molar-refractivity contribution in [3.05, 3.63) is 53.0 Å². The molecule has 3 aliphatic rings. The Labute approximate surface area is 205 Å². The molecule has 1 aliphatic carbocycles. The summed E-state index contributed by atoms with van der Waals surface area (Å²) >= 11 is 0. The summed E-state index contributed by atoms with van der Waals surface area (Å²) in [6, 6.07) is 4.75. The molecule has 0 radical (unpaired) electrons. The minimum Gasteiger partial charge on any atom is -0.351 e. The van der Waals surface area contributed by atoms with E-state index >= 15 is 0 Å². The number of hydrogen-bond acceptors (Lipinski definition) is 4. The first kappa shape index (κ1) is 22.7. The van der Waals surface area contributed by atoms with Gasteiger partial charge in [0.05, 0.1) is 5.52 Å². The summed E-state index contributed by atoms with van der Waals surface area (Å²) in [4.78, 5) is 43.1. The van der Waals surface area contributed by atoms with Crippen molar-refractivity contribution in [1.29, 1.82) is 0 Å². The first-order chi connectivity index (χ1) is 17.4. The third-order valence-electron chi connectivity index (χ3n) is 7.66. The number of hydrogen-bond donors (Lipinski definition) is 3. The number of carbonyl (C=O) groups excluding carboxylic acids is 3. The number of aryl methyl sites for hydroxylation is 1. The summed E-state index contributed by atoms with van der Waals surface area (Å²) in [5.41, 5.74) is 1.05. The van der Waals surface area contributed by atoms with Crippen LogP contribution in [0.25, 0.3) is 10.9 Å². The number of benzene rings is 1. The van der Waals surface area contributed by atoms with Gasteiger partial charge < -0.3 is 20.5 Å². The lowest BCUT2D eigenvalue weighted by molar-refractivity contribution is 0.0775. The summed E-state index contributed by atoms with van der Waals surface area (Å²) in [6.45, 7) is 2.21. The van der Waals surface area contributed by atoms with E-state index in [-0.39, 0.29) is 57.9 Å². The summed E-state index contributed by atoms with van der Waals surface area (Å²) in [5.74, 6) is -1.94. The van der Waals surface area contributed by atoms with Crippen LogP contribution in [-0.2, 0) is 6.54 Å². The minimum atomic E-state index is -0.725. The summed E-state index contributed by atoms with van der Waals surface area (Å²) < 4.78 is 29.2. The fraction of sp³-hybridized carbons (Fsp3) is 0.440. The SMILES string of the molecule is O=C(N[C@@H]1CCC[C@@H]2CN(C(=O)c3cc4n(n3)CCCNC4=O)C[C@@H]21)c1cc2c(F)cc(F)cc2[nH]1. The quantitative estimate of drug-likeness (QED) is 0.517. The highest BCUT2D eigenvalue weighted by Gasteiger charge is 2.43. The van der Waals surface area contributed by atoms with Crippen molar-refractivity contribution in [2.24, 2.45) is 11.8 Å². The van der Waals surface area contributed by atoms with Gasteiger partial charge in [-0.05, 0) is 37.3 Å². The van der Waals surface area contributed by atoms with Crippen LogP contribution in [0.15, 0.2) is 24.3 Å². The molecule has 1 saturated heterocycles. The molecule has 3 N–H and O–H groups in total. The molecule has 188 valence electrons. The van der Waals surface area contributed by atoms with Crippen molar-refractivity contribution in [3.63, 3.8) is 0 Å². The largest absolute Gasteiger partial charge is 0.351 e. The molecule has 0 bridgehead atoms. The molecule has 3 amide bonds. The average molecular weight is 497 g/mol. The van der Waals surface area contributed by atoms with Crippen molar-refractivity contribution in [3.8, 4) is 0 Å². The minimum absolute atomic E-state index is 0.0777. The van der Waals surface area contributed by atoms with Gasteiger partial charge in [-0.15, -0.1) is 0 Å². The van der Waals surface area contributed by atoms with Gasteiger partial charge in [0, 0.05) is 55.7 Å². The summed E-state index contributed by atoms with van der Waals surface area (Å²) in [5, 5.41) is 10.4. The van der Waals surface area contributed by atoms with Crippen molar-refractivity contribution in [2.75, 3.05) is 19.6 Å². The van der Waals surface area contributed by atoms with Crippen LogP contribution >= 0.6 is 0 Å². The van der Waals surface area contributed by atoms with Gasteiger partial charge in [-0.1, -0.05) is 6.42 Å². The Bertz CT molecular complexity index is 1380. The maximum absolute atomic E-state index is 14.1. The van der Waals surface area contributed by atoms with E-state index in [2.05, 4.69) is 20.7 Å². The average Bonchev–Trinajstić information content (AvgIpc) is 3.56. The Morgan fingerprint density at radius 2 is 1.94 bits per heavy atom. The smallest absolute Gasteiger partial charge is 0.274 e. The number of H-pyrrole nitrogens is 1. The van der Waals surface area contributed by atoms with E-state index in [4.69, 9.17) is 0 Å². The molecule has 4 heterocycles. The molecule has 9 nitrogen and oxygen atoms in total. The van der Waals surface area contributed by atoms with Gasteiger partial charge in [0.25, 0.3) is 17.7 Å². The number of carbonyl (C=O) groups is 3. The Morgan fingerprint density at radius 3 is 2.81 bits per heavy atom. The van der Waals surface area contributed by atoms with Crippen LogP contribution in [0, 0.1) is 23.5 Å². The monoisotopic (exact) mass is 496 g/mol. The lowest BCUT2D eigenvalue weighted by Crippen LogP contribution is -2.45. The third kappa shape index (κ3) is 3.92. The first-order valence-electron chi connectivity index (χ1n) is 12.3. The Kier molecular flexibility index (Phi) is 5.50. The predicted molar refractivity (Wildman–Crippen MR) is 125 cm³/mol. The van der Waals surface area contributed by atoms with Gasteiger partial charge >= 0.3 is 0 Å². The number of fused-ring (bicyclic) bond motifs is 3. The van der Waals surface area contributed by atoms with Crippen LogP contribution in [0.4, 0.5) is 8.78 Å². The van der Waals surface area contributed by atoms with Crippen molar-refractivity contribution in [1.82, 2.24) is 30.3 Å². The van der Waals surface area contributed by atoms with Crippen LogP contribution in [0.1, 0.15) is 57.1 Å². The number of likely N-dealkylation sites (tertiary alicyclic amines) is 1. The van der Waals surface area contributed by atoms with E-state index in [1.165, 1.54) is 6.07 Å². The normalized spacial score (nSPS) is 23.7. The van der Waals surface area contributed by atoms with E-state index in [1.54, 1.807) is 15.6 Å². The number of rotatable bonds is 3. The van der Waals surface area contributed by atoms with Crippen LogP contribution in [0.2, 0.25) is 0 Å². The number of aromatic amines is 1. The molecule has 1 saturated carbocycles.